The second-order valence-electron chi connectivity index (χ2n) is 0.695. The molecule has 0 aliphatic carbocycles. The summed E-state index contributed by atoms with van der Waals surface area (Å²) < 4.78 is 48.1. The van der Waals surface area contributed by atoms with Crippen molar-refractivity contribution >= 4 is 69.3 Å². The Morgan fingerprint density at radius 2 is 1.50 bits per heavy atom. The molecule has 0 heterocycles. The third kappa shape index (κ3) is 5.83. The van der Waals surface area contributed by atoms with Crippen molar-refractivity contribution in [2.75, 3.05) is 0 Å². The zero-order valence-electron chi connectivity index (χ0n) is 2.90. The van der Waals surface area contributed by atoms with Crippen molar-refractivity contribution in [3.05, 3.63) is 0 Å². The van der Waals surface area contributed by atoms with Crippen LogP contribution >= 0.6 is 0 Å². The van der Waals surface area contributed by atoms with Gasteiger partial charge in [-0.05, 0) is 0 Å². The molecule has 7 heteroatoms. The average molecular weight is 221 g/mol. The Morgan fingerprint density at radius 1 is 1.38 bits per heavy atom. The number of halogens is 3. The second-order valence-corrected chi connectivity index (χ2v) is 1.66. The van der Waals surface area contributed by atoms with Gasteiger partial charge in [-0.2, -0.15) is 13.2 Å². The van der Waals surface area contributed by atoms with Gasteiger partial charge in [-0.15, -0.1) is 0 Å². The molecule has 8 heavy (non-hydrogen) atoms. The summed E-state index contributed by atoms with van der Waals surface area (Å²) in [5, 5.41) is 0. The third-order valence-corrected chi connectivity index (χ3v) is 0.594. The molecule has 46 valence electrons. The van der Waals surface area contributed by atoms with E-state index < -0.39 is 16.6 Å². The Balaban J connectivity index is 0. The summed E-state index contributed by atoms with van der Waals surface area (Å²) in [6.07, 6.45) is 0. The van der Waals surface area contributed by atoms with E-state index in [0.29, 0.717) is 0 Å². The van der Waals surface area contributed by atoms with Crippen LogP contribution in [0, 0.1) is 0 Å². The number of hydrogen-bond donors (Lipinski definition) is 1. The van der Waals surface area contributed by atoms with E-state index in [4.69, 9.17) is 8.76 Å². The summed E-state index contributed by atoms with van der Waals surface area (Å²) in [4.78, 5) is 0. The maximum absolute atomic E-state index is 10.6. The van der Waals surface area contributed by atoms with Crippen molar-refractivity contribution in [2.24, 2.45) is 0 Å². The Labute approximate surface area is 94.9 Å². The van der Waals surface area contributed by atoms with Crippen LogP contribution in [-0.4, -0.2) is 72.5 Å². The first-order chi connectivity index (χ1) is 2.94. The normalized spacial score (nSPS) is 14.5. The predicted molar refractivity (Wildman–Crippen MR) is 24.0 cm³/mol. The number of hydrogen-bond acceptors (Lipinski definition) is 1. The van der Waals surface area contributed by atoms with Crippen LogP contribution in [-0.2, 0) is 11.1 Å². The molecular weight excluding hydrogens is 219 g/mol. The van der Waals surface area contributed by atoms with E-state index >= 15 is 0 Å². The van der Waals surface area contributed by atoms with E-state index in [0.717, 1.165) is 0 Å². The first kappa shape index (κ1) is 12.4. The van der Waals surface area contributed by atoms with Crippen LogP contribution in [0.4, 0.5) is 13.2 Å². The third-order valence-electron chi connectivity index (χ3n) is 0.198. The van der Waals surface area contributed by atoms with Crippen LogP contribution in [0.25, 0.3) is 0 Å². The Bertz CT molecular complexity index is 89.8. The molecule has 0 saturated heterocycles. The average Bonchev–Trinajstić information content (AvgIpc) is 1.31. The first-order valence-corrected chi connectivity index (χ1v) is 2.23. The summed E-state index contributed by atoms with van der Waals surface area (Å²) in [5.41, 5.74) is -4.97. The summed E-state index contributed by atoms with van der Waals surface area (Å²) in [5.74, 6) is 0. The quantitative estimate of drug-likeness (QED) is 0.587. The molecular formula is CH2F3O2RbS. The van der Waals surface area contributed by atoms with Crippen LogP contribution in [0.3, 0.4) is 0 Å². The predicted octanol–water partition coefficient (Wildman–Crippen LogP) is 0.0794. The molecule has 0 aliphatic rings. The number of alkyl halides is 3. The molecule has 0 aromatic carbocycles. The first-order valence-electron chi connectivity index (χ1n) is 1.12. The molecule has 0 bridgehead atoms. The van der Waals surface area contributed by atoms with Gasteiger partial charge in [0.1, 0.15) is 0 Å². The van der Waals surface area contributed by atoms with Gasteiger partial charge in [0, 0.05) is 0 Å². The van der Waals surface area contributed by atoms with Crippen molar-refractivity contribution in [3.63, 3.8) is 0 Å². The van der Waals surface area contributed by atoms with E-state index in [9.17, 15) is 13.2 Å². The molecule has 1 atom stereocenters. The van der Waals surface area contributed by atoms with Gasteiger partial charge in [-0.1, -0.05) is 0 Å². The van der Waals surface area contributed by atoms with Gasteiger partial charge in [0.15, 0.2) is 0 Å². The van der Waals surface area contributed by atoms with Crippen molar-refractivity contribution in [1.82, 2.24) is 0 Å². The summed E-state index contributed by atoms with van der Waals surface area (Å²) >= 11 is -3.68. The van der Waals surface area contributed by atoms with Gasteiger partial charge in [-0.25, -0.2) is 4.21 Å². The van der Waals surface area contributed by atoms with E-state index in [2.05, 4.69) is 0 Å². The van der Waals surface area contributed by atoms with E-state index in [1.54, 1.807) is 0 Å². The maximum atomic E-state index is 10.6. The Kier molecular flexibility index (Phi) is 6.98. The molecule has 1 N–H and O–H groups in total. The van der Waals surface area contributed by atoms with Crippen molar-refractivity contribution in [2.45, 2.75) is 5.51 Å². The monoisotopic (exact) mass is 220 g/mol. The zero-order valence-corrected chi connectivity index (χ0v) is 3.71. The second kappa shape index (κ2) is 4.51. The van der Waals surface area contributed by atoms with Gasteiger partial charge in [0.2, 0.25) is 0 Å². The van der Waals surface area contributed by atoms with Gasteiger partial charge in [0.25, 0.3) is 11.1 Å². The van der Waals surface area contributed by atoms with E-state index in [-0.39, 0.29) is 58.2 Å². The Hall–Kier alpha value is 1.71. The summed E-state index contributed by atoms with van der Waals surface area (Å²) in [6.45, 7) is 0. The molecule has 0 amide bonds. The van der Waals surface area contributed by atoms with Gasteiger partial charge < -0.3 is 0 Å². The zero-order chi connectivity index (χ0) is 6.08. The van der Waals surface area contributed by atoms with Crippen LogP contribution < -0.4 is 0 Å². The molecule has 0 aromatic rings. The van der Waals surface area contributed by atoms with Gasteiger partial charge in [-0.3, -0.25) is 4.55 Å². The van der Waals surface area contributed by atoms with E-state index in [1.165, 1.54) is 0 Å². The van der Waals surface area contributed by atoms with Crippen LogP contribution in [0.15, 0.2) is 0 Å². The molecule has 0 spiro atoms. The van der Waals surface area contributed by atoms with Gasteiger partial charge >= 0.3 is 63.7 Å². The fraction of sp³-hybridized carbons (Fsp3) is 1.00. The van der Waals surface area contributed by atoms with Crippen LogP contribution in [0.2, 0.25) is 0 Å². The molecule has 1 unspecified atom stereocenters. The van der Waals surface area contributed by atoms with Crippen molar-refractivity contribution in [3.8, 4) is 0 Å². The molecule has 2 nitrogen and oxygen atoms in total. The molecule has 0 radical (unpaired) electrons. The standard InChI is InChI=1S/CHF3O2S.Rb.H/c2-1(3,4)7(5)6;;/h(H,5,6);;. The fourth-order valence-corrected chi connectivity index (χ4v) is 0. The summed E-state index contributed by atoms with van der Waals surface area (Å²) in [6, 6.07) is 0. The van der Waals surface area contributed by atoms with E-state index in [1.807, 2.05) is 0 Å². The molecule has 0 saturated carbocycles. The van der Waals surface area contributed by atoms with Crippen LogP contribution in [0.5, 0.6) is 0 Å². The van der Waals surface area contributed by atoms with Crippen LogP contribution in [0.1, 0.15) is 0 Å². The Morgan fingerprint density at radius 3 is 1.50 bits per heavy atom. The molecule has 0 aromatic heterocycles. The van der Waals surface area contributed by atoms with Crippen molar-refractivity contribution < 1.29 is 21.9 Å². The molecule has 0 fully saturated rings. The topological polar surface area (TPSA) is 37.3 Å². The summed E-state index contributed by atoms with van der Waals surface area (Å²) in [7, 11) is 0. The van der Waals surface area contributed by atoms with Crippen molar-refractivity contribution in [1.29, 1.82) is 0 Å². The molecule has 0 aliphatic heterocycles. The molecule has 0 rings (SSSR count). The fourth-order valence-electron chi connectivity index (χ4n) is 0. The van der Waals surface area contributed by atoms with Gasteiger partial charge in [0.05, 0.1) is 0 Å². The minimum absolute atomic E-state index is 0. The number of rotatable bonds is 0. The SMILES string of the molecule is O=S(O)C(F)(F)F.[RbH]. The minimum atomic E-state index is -4.97.